The van der Waals surface area contributed by atoms with Crippen LogP contribution in [0.2, 0.25) is 0 Å². The number of ether oxygens (including phenoxy) is 2. The van der Waals surface area contributed by atoms with Crippen molar-refractivity contribution in [2.24, 2.45) is 0 Å². The minimum atomic E-state index is 0.220. The Kier molecular flexibility index (Phi) is 3.01. The molecule has 0 amide bonds. The molecule has 16 heavy (non-hydrogen) atoms. The normalized spacial score (nSPS) is 12.8. The molecule has 2 N–H and O–H groups in total. The minimum absolute atomic E-state index is 0.220. The van der Waals surface area contributed by atoms with Crippen LogP contribution in [0.5, 0.6) is 17.2 Å². The lowest BCUT2D eigenvalue weighted by Gasteiger charge is -2.07. The van der Waals surface area contributed by atoms with E-state index in [4.69, 9.17) is 9.47 Å². The van der Waals surface area contributed by atoms with Crippen molar-refractivity contribution in [2.75, 3.05) is 13.3 Å². The summed E-state index contributed by atoms with van der Waals surface area (Å²) >= 11 is 0. The number of aromatic hydroxyl groups is 1. The number of hydrogen-bond acceptors (Lipinski definition) is 4. The zero-order valence-corrected chi connectivity index (χ0v) is 9.25. The highest BCUT2D eigenvalue weighted by Gasteiger charge is 2.16. The topological polar surface area (TPSA) is 50.7 Å². The van der Waals surface area contributed by atoms with Crippen molar-refractivity contribution in [1.82, 2.24) is 5.32 Å². The summed E-state index contributed by atoms with van der Waals surface area (Å²) in [6, 6.07) is 3.38. The molecular formula is C12H15NO3. The van der Waals surface area contributed by atoms with E-state index < -0.39 is 0 Å². The van der Waals surface area contributed by atoms with E-state index >= 15 is 0 Å². The molecule has 4 heteroatoms. The van der Waals surface area contributed by atoms with Gasteiger partial charge in [0.15, 0.2) is 11.5 Å². The first-order valence-electron chi connectivity index (χ1n) is 5.13. The van der Waals surface area contributed by atoms with Crippen LogP contribution in [-0.2, 0) is 6.54 Å². The Morgan fingerprint density at radius 3 is 2.81 bits per heavy atom. The Bertz CT molecular complexity index is 415. The molecule has 0 radical (unpaired) electrons. The van der Waals surface area contributed by atoms with Crippen LogP contribution in [0.4, 0.5) is 0 Å². The molecule has 86 valence electrons. The fraction of sp³-hybridized carbons (Fsp3) is 0.333. The Labute approximate surface area is 94.5 Å². The number of hydrogen-bond donors (Lipinski definition) is 2. The zero-order chi connectivity index (χ0) is 11.5. The average molecular weight is 221 g/mol. The predicted octanol–water partition coefficient (Wildman–Crippen LogP) is 1.79. The van der Waals surface area contributed by atoms with E-state index in [1.807, 2.05) is 6.92 Å². The van der Waals surface area contributed by atoms with E-state index in [-0.39, 0.29) is 12.5 Å². The van der Waals surface area contributed by atoms with E-state index in [1.165, 1.54) is 0 Å². The summed E-state index contributed by atoms with van der Waals surface area (Å²) in [4.78, 5) is 0. The molecule has 4 nitrogen and oxygen atoms in total. The number of fused-ring (bicyclic) bond motifs is 1. The third kappa shape index (κ3) is 2.28. The molecule has 1 heterocycles. The highest BCUT2D eigenvalue weighted by atomic mass is 16.7. The maximum atomic E-state index is 9.74. The lowest BCUT2D eigenvalue weighted by Crippen LogP contribution is -2.15. The number of benzene rings is 1. The van der Waals surface area contributed by atoms with Gasteiger partial charge in [-0.15, -0.1) is 0 Å². The molecule has 0 saturated heterocycles. The Morgan fingerprint density at radius 2 is 2.12 bits per heavy atom. The van der Waals surface area contributed by atoms with Gasteiger partial charge < -0.3 is 19.9 Å². The average Bonchev–Trinajstić information content (AvgIpc) is 2.64. The van der Waals surface area contributed by atoms with E-state index in [0.29, 0.717) is 18.0 Å². The maximum absolute atomic E-state index is 9.74. The molecule has 1 aromatic carbocycles. The standard InChI is InChI=1S/C12H15NO3/c1-8(2)5-13-6-9-3-11-12(4-10(9)14)16-7-15-11/h3-4,13-14H,1,5-7H2,2H3. The van der Waals surface area contributed by atoms with Gasteiger partial charge in [0.05, 0.1) is 0 Å². The second kappa shape index (κ2) is 4.45. The maximum Gasteiger partial charge on any atom is 0.231 e. The molecule has 0 atom stereocenters. The van der Waals surface area contributed by atoms with Crippen LogP contribution in [0.1, 0.15) is 12.5 Å². The summed E-state index contributed by atoms with van der Waals surface area (Å²) in [5.41, 5.74) is 1.85. The molecule has 0 unspecified atom stereocenters. The zero-order valence-electron chi connectivity index (χ0n) is 9.25. The van der Waals surface area contributed by atoms with Crippen LogP contribution in [0, 0.1) is 0 Å². The molecule has 0 aromatic heterocycles. The Balaban J connectivity index is 2.06. The number of nitrogens with one attached hydrogen (secondary N) is 1. The van der Waals surface area contributed by atoms with Crippen molar-refractivity contribution in [1.29, 1.82) is 0 Å². The molecule has 0 saturated carbocycles. The molecule has 0 fully saturated rings. The van der Waals surface area contributed by atoms with Crippen LogP contribution >= 0.6 is 0 Å². The van der Waals surface area contributed by atoms with Crippen LogP contribution in [-0.4, -0.2) is 18.4 Å². The first kappa shape index (κ1) is 10.8. The van der Waals surface area contributed by atoms with Gasteiger partial charge in [0.25, 0.3) is 0 Å². The van der Waals surface area contributed by atoms with Gasteiger partial charge in [-0.3, -0.25) is 0 Å². The summed E-state index contributed by atoms with van der Waals surface area (Å²) in [6.07, 6.45) is 0. The first-order chi connectivity index (χ1) is 7.66. The quantitative estimate of drug-likeness (QED) is 0.761. The third-order valence-electron chi connectivity index (χ3n) is 2.32. The fourth-order valence-electron chi connectivity index (χ4n) is 1.53. The smallest absolute Gasteiger partial charge is 0.231 e. The summed E-state index contributed by atoms with van der Waals surface area (Å²) < 4.78 is 10.4. The van der Waals surface area contributed by atoms with Gasteiger partial charge in [-0.05, 0) is 13.0 Å². The van der Waals surface area contributed by atoms with Crippen LogP contribution in [0.15, 0.2) is 24.3 Å². The van der Waals surface area contributed by atoms with Gasteiger partial charge >= 0.3 is 0 Å². The van der Waals surface area contributed by atoms with Crippen molar-refractivity contribution >= 4 is 0 Å². The summed E-state index contributed by atoms with van der Waals surface area (Å²) in [6.45, 7) is 7.28. The third-order valence-corrected chi connectivity index (χ3v) is 2.32. The number of phenolic OH excluding ortho intramolecular Hbond substituents is 1. The highest BCUT2D eigenvalue weighted by Crippen LogP contribution is 2.37. The lowest BCUT2D eigenvalue weighted by molar-refractivity contribution is 0.174. The molecular weight excluding hydrogens is 206 g/mol. The minimum Gasteiger partial charge on any atom is -0.507 e. The summed E-state index contributed by atoms with van der Waals surface area (Å²) in [7, 11) is 0. The largest absolute Gasteiger partial charge is 0.507 e. The van der Waals surface area contributed by atoms with Gasteiger partial charge in [0.2, 0.25) is 6.79 Å². The van der Waals surface area contributed by atoms with Crippen LogP contribution < -0.4 is 14.8 Å². The van der Waals surface area contributed by atoms with Crippen LogP contribution in [0.3, 0.4) is 0 Å². The van der Waals surface area contributed by atoms with Crippen molar-refractivity contribution < 1.29 is 14.6 Å². The molecule has 0 aliphatic carbocycles. The number of phenols is 1. The Morgan fingerprint density at radius 1 is 1.44 bits per heavy atom. The molecule has 1 aliphatic rings. The van der Waals surface area contributed by atoms with Gasteiger partial charge in [0.1, 0.15) is 5.75 Å². The second-order valence-corrected chi connectivity index (χ2v) is 3.89. The first-order valence-corrected chi connectivity index (χ1v) is 5.13. The molecule has 1 aliphatic heterocycles. The van der Waals surface area contributed by atoms with E-state index in [9.17, 15) is 5.11 Å². The van der Waals surface area contributed by atoms with Gasteiger partial charge in [-0.2, -0.15) is 0 Å². The van der Waals surface area contributed by atoms with Crippen molar-refractivity contribution in [3.8, 4) is 17.2 Å². The molecule has 2 rings (SSSR count). The van der Waals surface area contributed by atoms with Crippen LogP contribution in [0.25, 0.3) is 0 Å². The second-order valence-electron chi connectivity index (χ2n) is 3.89. The monoisotopic (exact) mass is 221 g/mol. The molecule has 0 bridgehead atoms. The van der Waals surface area contributed by atoms with E-state index in [1.54, 1.807) is 12.1 Å². The lowest BCUT2D eigenvalue weighted by atomic mass is 10.1. The molecule has 0 spiro atoms. The predicted molar refractivity (Wildman–Crippen MR) is 60.8 cm³/mol. The number of rotatable bonds is 4. The van der Waals surface area contributed by atoms with Gasteiger partial charge in [-0.1, -0.05) is 12.2 Å². The van der Waals surface area contributed by atoms with Crippen molar-refractivity contribution in [2.45, 2.75) is 13.5 Å². The van der Waals surface area contributed by atoms with Crippen molar-refractivity contribution in [3.05, 3.63) is 29.8 Å². The Hall–Kier alpha value is -1.68. The molecule has 1 aromatic rings. The van der Waals surface area contributed by atoms with Crippen molar-refractivity contribution in [3.63, 3.8) is 0 Å². The van der Waals surface area contributed by atoms with Gasteiger partial charge in [0, 0.05) is 24.7 Å². The summed E-state index contributed by atoms with van der Waals surface area (Å²) in [5, 5.41) is 12.9. The highest BCUT2D eigenvalue weighted by molar-refractivity contribution is 5.51. The van der Waals surface area contributed by atoms with E-state index in [0.717, 1.165) is 17.7 Å². The van der Waals surface area contributed by atoms with Gasteiger partial charge in [-0.25, -0.2) is 0 Å². The van der Waals surface area contributed by atoms with E-state index in [2.05, 4.69) is 11.9 Å². The fourth-order valence-corrected chi connectivity index (χ4v) is 1.53. The summed E-state index contributed by atoms with van der Waals surface area (Å²) in [5.74, 6) is 1.50. The SMILES string of the molecule is C=C(C)CNCc1cc2c(cc1O)OCO2.